The molecular weight excluding hydrogens is 318 g/mol. The number of fused-ring (bicyclic) bond motifs is 1. The summed E-state index contributed by atoms with van der Waals surface area (Å²) in [6.45, 7) is 1.71. The number of nitrogens with one attached hydrogen (secondary N) is 1. The number of amides is 1. The molecule has 8 nitrogen and oxygen atoms in total. The first-order valence-corrected chi connectivity index (χ1v) is 8.44. The first kappa shape index (κ1) is 15.6. The van der Waals surface area contributed by atoms with Crippen molar-refractivity contribution in [3.8, 4) is 0 Å². The smallest absolute Gasteiger partial charge is 0.254 e. The van der Waals surface area contributed by atoms with Gasteiger partial charge in [-0.15, -0.1) is 0 Å². The molecule has 1 amide bonds. The lowest BCUT2D eigenvalue weighted by molar-refractivity contribution is 0.0931. The predicted octanol–water partition coefficient (Wildman–Crippen LogP) is 1.10. The van der Waals surface area contributed by atoms with Crippen LogP contribution < -0.4 is 10.2 Å². The van der Waals surface area contributed by atoms with Crippen LogP contribution in [0.4, 0.5) is 5.95 Å². The average Bonchev–Trinajstić information content (AvgIpc) is 3.20. The van der Waals surface area contributed by atoms with Crippen molar-refractivity contribution in [1.29, 1.82) is 0 Å². The van der Waals surface area contributed by atoms with E-state index in [4.69, 9.17) is 4.98 Å². The molecule has 1 N–H and O–H groups in total. The van der Waals surface area contributed by atoms with Crippen molar-refractivity contribution in [1.82, 2.24) is 29.6 Å². The third-order valence-corrected chi connectivity index (χ3v) is 4.68. The van der Waals surface area contributed by atoms with Crippen LogP contribution in [0, 0.1) is 0 Å². The molecule has 8 heteroatoms. The fourth-order valence-electron chi connectivity index (χ4n) is 3.33. The van der Waals surface area contributed by atoms with Crippen molar-refractivity contribution in [2.45, 2.75) is 18.9 Å². The van der Waals surface area contributed by atoms with Gasteiger partial charge in [0.2, 0.25) is 5.95 Å². The minimum atomic E-state index is -0.0570. The predicted molar refractivity (Wildman–Crippen MR) is 94.4 cm³/mol. The second kappa shape index (κ2) is 6.19. The summed E-state index contributed by atoms with van der Waals surface area (Å²) in [5.74, 6) is 0.879. The van der Waals surface area contributed by atoms with Crippen LogP contribution in [0.3, 0.4) is 0 Å². The van der Waals surface area contributed by atoms with Gasteiger partial charge in [0.25, 0.3) is 5.91 Å². The Kier molecular flexibility index (Phi) is 3.87. The van der Waals surface area contributed by atoms with Crippen molar-refractivity contribution >= 4 is 23.0 Å². The molecule has 0 atom stereocenters. The highest BCUT2D eigenvalue weighted by Gasteiger charge is 2.24. The van der Waals surface area contributed by atoms with Gasteiger partial charge < -0.3 is 10.2 Å². The molecule has 1 aliphatic heterocycles. The Bertz CT molecular complexity index is 905. The van der Waals surface area contributed by atoms with Crippen LogP contribution in [-0.2, 0) is 14.1 Å². The summed E-state index contributed by atoms with van der Waals surface area (Å²) < 4.78 is 3.67. The second-order valence-electron chi connectivity index (χ2n) is 6.45. The Morgan fingerprint density at radius 3 is 2.76 bits per heavy atom. The molecule has 0 bridgehead atoms. The second-order valence-corrected chi connectivity index (χ2v) is 6.45. The van der Waals surface area contributed by atoms with Crippen molar-refractivity contribution in [3.05, 3.63) is 36.3 Å². The van der Waals surface area contributed by atoms with Gasteiger partial charge >= 0.3 is 0 Å². The highest BCUT2D eigenvalue weighted by molar-refractivity contribution is 5.93. The number of anilines is 1. The molecule has 4 rings (SSSR count). The van der Waals surface area contributed by atoms with E-state index in [0.717, 1.165) is 43.0 Å². The Balaban J connectivity index is 1.41. The third kappa shape index (κ3) is 2.95. The number of imidazole rings is 1. The molecule has 0 aromatic carbocycles. The Morgan fingerprint density at radius 1 is 1.28 bits per heavy atom. The van der Waals surface area contributed by atoms with Crippen LogP contribution in [0.2, 0.25) is 0 Å². The van der Waals surface area contributed by atoms with Crippen LogP contribution in [0.15, 0.2) is 30.7 Å². The molecule has 1 aliphatic rings. The molecular formula is C17H21N7O. The normalized spacial score (nSPS) is 15.7. The summed E-state index contributed by atoms with van der Waals surface area (Å²) in [6, 6.07) is 4.06. The SMILES string of the molecule is Cn1cc(C(=O)NC2CCN(c3nc4cccnc4n3C)CC2)cn1. The molecule has 0 saturated carbocycles. The van der Waals surface area contributed by atoms with Gasteiger partial charge in [-0.05, 0) is 25.0 Å². The zero-order chi connectivity index (χ0) is 17.4. The van der Waals surface area contributed by atoms with E-state index in [2.05, 4.69) is 20.3 Å². The number of hydrogen-bond acceptors (Lipinski definition) is 5. The topological polar surface area (TPSA) is 80.9 Å². The van der Waals surface area contributed by atoms with Gasteiger partial charge in [0.1, 0.15) is 5.52 Å². The molecule has 0 radical (unpaired) electrons. The number of carbonyl (C=O) groups excluding carboxylic acids is 1. The first-order chi connectivity index (χ1) is 12.1. The molecule has 25 heavy (non-hydrogen) atoms. The number of hydrogen-bond donors (Lipinski definition) is 1. The van der Waals surface area contributed by atoms with E-state index in [1.807, 2.05) is 23.7 Å². The van der Waals surface area contributed by atoms with E-state index in [1.165, 1.54) is 0 Å². The molecule has 1 fully saturated rings. The summed E-state index contributed by atoms with van der Waals surface area (Å²) in [7, 11) is 3.80. The Morgan fingerprint density at radius 2 is 2.08 bits per heavy atom. The maximum absolute atomic E-state index is 12.2. The largest absolute Gasteiger partial charge is 0.349 e. The Labute approximate surface area is 145 Å². The molecule has 130 valence electrons. The van der Waals surface area contributed by atoms with E-state index in [1.54, 1.807) is 30.3 Å². The minimum Gasteiger partial charge on any atom is -0.349 e. The molecule has 3 aromatic rings. The maximum atomic E-state index is 12.2. The molecule has 3 aromatic heterocycles. The van der Waals surface area contributed by atoms with E-state index in [9.17, 15) is 4.79 Å². The molecule has 0 spiro atoms. The van der Waals surface area contributed by atoms with Crippen molar-refractivity contribution in [2.75, 3.05) is 18.0 Å². The van der Waals surface area contributed by atoms with Gasteiger partial charge in [0, 0.05) is 45.6 Å². The van der Waals surface area contributed by atoms with Gasteiger partial charge in [-0.25, -0.2) is 9.97 Å². The lowest BCUT2D eigenvalue weighted by Crippen LogP contribution is -2.45. The summed E-state index contributed by atoms with van der Waals surface area (Å²) in [5, 5.41) is 7.15. The highest BCUT2D eigenvalue weighted by atomic mass is 16.1. The number of rotatable bonds is 3. The summed E-state index contributed by atoms with van der Waals surface area (Å²) >= 11 is 0. The summed E-state index contributed by atoms with van der Waals surface area (Å²) in [5.41, 5.74) is 2.41. The number of nitrogens with zero attached hydrogens (tertiary/aromatic N) is 6. The number of aryl methyl sites for hydroxylation is 2. The molecule has 4 heterocycles. The number of aromatic nitrogens is 5. The average molecular weight is 339 g/mol. The minimum absolute atomic E-state index is 0.0570. The van der Waals surface area contributed by atoms with Gasteiger partial charge in [-0.1, -0.05) is 0 Å². The molecule has 0 unspecified atom stereocenters. The van der Waals surface area contributed by atoms with Crippen LogP contribution in [-0.4, -0.2) is 49.4 Å². The monoisotopic (exact) mass is 339 g/mol. The van der Waals surface area contributed by atoms with Crippen LogP contribution >= 0.6 is 0 Å². The summed E-state index contributed by atoms with van der Waals surface area (Å²) in [6.07, 6.45) is 6.90. The fourth-order valence-corrected chi connectivity index (χ4v) is 3.33. The number of piperidine rings is 1. The van der Waals surface area contributed by atoms with Crippen molar-refractivity contribution < 1.29 is 4.79 Å². The van der Waals surface area contributed by atoms with Gasteiger partial charge in [-0.2, -0.15) is 5.10 Å². The van der Waals surface area contributed by atoms with Crippen LogP contribution in [0.5, 0.6) is 0 Å². The maximum Gasteiger partial charge on any atom is 0.254 e. The lowest BCUT2D eigenvalue weighted by atomic mass is 10.1. The van der Waals surface area contributed by atoms with Crippen molar-refractivity contribution in [2.24, 2.45) is 14.1 Å². The quantitative estimate of drug-likeness (QED) is 0.773. The van der Waals surface area contributed by atoms with Crippen LogP contribution in [0.25, 0.3) is 11.2 Å². The van der Waals surface area contributed by atoms with E-state index in [0.29, 0.717) is 5.56 Å². The Hall–Kier alpha value is -2.90. The van der Waals surface area contributed by atoms with E-state index >= 15 is 0 Å². The van der Waals surface area contributed by atoms with Gasteiger partial charge in [0.15, 0.2) is 5.65 Å². The number of carbonyl (C=O) groups is 1. The highest BCUT2D eigenvalue weighted by Crippen LogP contribution is 2.22. The zero-order valence-corrected chi connectivity index (χ0v) is 14.4. The number of pyridine rings is 1. The van der Waals surface area contributed by atoms with Crippen molar-refractivity contribution in [3.63, 3.8) is 0 Å². The van der Waals surface area contributed by atoms with Gasteiger partial charge in [-0.3, -0.25) is 14.0 Å². The van der Waals surface area contributed by atoms with Gasteiger partial charge in [0.05, 0.1) is 11.8 Å². The third-order valence-electron chi connectivity index (χ3n) is 4.68. The fraction of sp³-hybridized carbons (Fsp3) is 0.412. The zero-order valence-electron chi connectivity index (χ0n) is 14.4. The molecule has 1 saturated heterocycles. The standard InChI is InChI=1S/C17H21N7O/c1-22-11-12(10-19-22)16(25)20-13-5-8-24(9-6-13)17-21-14-4-3-7-18-15(14)23(17)2/h3-4,7,10-11,13H,5-6,8-9H2,1-2H3,(H,20,25). The van der Waals surface area contributed by atoms with Crippen LogP contribution in [0.1, 0.15) is 23.2 Å². The molecule has 0 aliphatic carbocycles. The van der Waals surface area contributed by atoms with E-state index < -0.39 is 0 Å². The lowest BCUT2D eigenvalue weighted by Gasteiger charge is -2.32. The van der Waals surface area contributed by atoms with E-state index in [-0.39, 0.29) is 11.9 Å². The summed E-state index contributed by atoms with van der Waals surface area (Å²) in [4.78, 5) is 23.6. The first-order valence-electron chi connectivity index (χ1n) is 8.44.